The van der Waals surface area contributed by atoms with Gasteiger partial charge in [-0.1, -0.05) is 18.2 Å². The van der Waals surface area contributed by atoms with Gasteiger partial charge in [0.2, 0.25) is 5.91 Å². The summed E-state index contributed by atoms with van der Waals surface area (Å²) in [5.74, 6) is 0.613. The first-order chi connectivity index (χ1) is 11.6. The monoisotopic (exact) mass is 326 g/mol. The third kappa shape index (κ3) is 5.21. The highest BCUT2D eigenvalue weighted by atomic mass is 16.5. The Bertz CT molecular complexity index is 669. The second kappa shape index (κ2) is 8.84. The van der Waals surface area contributed by atoms with Crippen molar-refractivity contribution in [2.45, 2.75) is 19.6 Å². The Kier molecular flexibility index (Phi) is 6.51. The first kappa shape index (κ1) is 17.7. The van der Waals surface area contributed by atoms with Crippen molar-refractivity contribution in [1.82, 2.24) is 9.88 Å². The number of likely N-dealkylation sites (N-methyl/N-ethyl adjacent to an activating group) is 1. The topological polar surface area (TPSA) is 62.7 Å². The van der Waals surface area contributed by atoms with Gasteiger partial charge in [0.15, 0.2) is 0 Å². The normalized spacial score (nSPS) is 12.1. The molecule has 0 fully saturated rings. The molecule has 1 amide bonds. The maximum Gasteiger partial charge on any atom is 0.246 e. The molecule has 0 saturated heterocycles. The van der Waals surface area contributed by atoms with Crippen molar-refractivity contribution in [3.05, 3.63) is 66.0 Å². The molecule has 0 aliphatic carbocycles. The summed E-state index contributed by atoms with van der Waals surface area (Å²) < 4.78 is 5.69. The fraction of sp³-hybridized carbons (Fsp3) is 0.263. The van der Waals surface area contributed by atoms with E-state index in [0.717, 1.165) is 16.9 Å². The minimum Gasteiger partial charge on any atom is -0.489 e. The van der Waals surface area contributed by atoms with E-state index in [4.69, 9.17) is 9.84 Å². The fourth-order valence-corrected chi connectivity index (χ4v) is 1.95. The molecule has 0 bridgehead atoms. The van der Waals surface area contributed by atoms with Crippen molar-refractivity contribution < 1.29 is 14.6 Å². The molecule has 0 saturated carbocycles. The minimum absolute atomic E-state index is 0.0565. The van der Waals surface area contributed by atoms with Crippen LogP contribution in [0.1, 0.15) is 18.1 Å². The maximum absolute atomic E-state index is 11.9. The average Bonchev–Trinajstić information content (AvgIpc) is 2.64. The molecular weight excluding hydrogens is 304 g/mol. The van der Waals surface area contributed by atoms with Crippen LogP contribution in [0.15, 0.2) is 54.9 Å². The molecule has 1 atom stereocenters. The van der Waals surface area contributed by atoms with Crippen LogP contribution in [-0.2, 0) is 11.4 Å². The van der Waals surface area contributed by atoms with Gasteiger partial charge in [-0.25, -0.2) is 0 Å². The molecular formula is C19H22N2O3. The van der Waals surface area contributed by atoms with Gasteiger partial charge in [0.1, 0.15) is 12.4 Å². The molecule has 1 aromatic heterocycles. The van der Waals surface area contributed by atoms with Crippen LogP contribution in [0.25, 0.3) is 6.08 Å². The zero-order valence-corrected chi connectivity index (χ0v) is 13.9. The van der Waals surface area contributed by atoms with Crippen LogP contribution in [0.4, 0.5) is 0 Å². The number of hydrogen-bond donors (Lipinski definition) is 1. The van der Waals surface area contributed by atoms with E-state index < -0.39 is 0 Å². The lowest BCUT2D eigenvalue weighted by Gasteiger charge is -2.21. The fourth-order valence-electron chi connectivity index (χ4n) is 1.95. The highest BCUT2D eigenvalue weighted by molar-refractivity contribution is 5.91. The molecule has 5 nitrogen and oxygen atoms in total. The van der Waals surface area contributed by atoms with Crippen LogP contribution in [-0.4, -0.2) is 40.6 Å². The molecule has 0 aliphatic heterocycles. The van der Waals surface area contributed by atoms with E-state index in [1.165, 1.54) is 11.0 Å². The number of amides is 1. The average molecular weight is 326 g/mol. The second-order valence-electron chi connectivity index (χ2n) is 5.53. The van der Waals surface area contributed by atoms with E-state index >= 15 is 0 Å². The van der Waals surface area contributed by atoms with Gasteiger partial charge in [0.05, 0.1) is 12.6 Å². The molecule has 0 spiro atoms. The van der Waals surface area contributed by atoms with Crippen LogP contribution in [0, 0.1) is 0 Å². The number of carbonyl (C=O) groups is 1. The summed E-state index contributed by atoms with van der Waals surface area (Å²) in [6, 6.07) is 11.1. The smallest absolute Gasteiger partial charge is 0.246 e. The largest absolute Gasteiger partial charge is 0.489 e. The number of aromatic nitrogens is 1. The quantitative estimate of drug-likeness (QED) is 0.794. The van der Waals surface area contributed by atoms with Crippen LogP contribution < -0.4 is 4.74 Å². The van der Waals surface area contributed by atoms with Gasteiger partial charge in [0.25, 0.3) is 0 Å². The van der Waals surface area contributed by atoms with Gasteiger partial charge < -0.3 is 14.7 Å². The van der Waals surface area contributed by atoms with Crippen molar-refractivity contribution in [2.75, 3.05) is 13.7 Å². The predicted molar refractivity (Wildman–Crippen MR) is 93.4 cm³/mol. The van der Waals surface area contributed by atoms with E-state index in [1.807, 2.05) is 36.4 Å². The highest BCUT2D eigenvalue weighted by Crippen LogP contribution is 2.15. The van der Waals surface area contributed by atoms with Crippen molar-refractivity contribution in [1.29, 1.82) is 0 Å². The zero-order chi connectivity index (χ0) is 17.4. The summed E-state index contributed by atoms with van der Waals surface area (Å²) in [6.45, 7) is 2.20. The van der Waals surface area contributed by atoms with Gasteiger partial charge in [-0.2, -0.15) is 0 Å². The predicted octanol–water partition coefficient (Wildman–Crippen LogP) is 2.51. The van der Waals surface area contributed by atoms with Gasteiger partial charge in [-0.15, -0.1) is 0 Å². The number of pyridine rings is 1. The Hall–Kier alpha value is -2.66. The number of benzene rings is 1. The first-order valence-corrected chi connectivity index (χ1v) is 7.77. The molecule has 0 radical (unpaired) electrons. The third-order valence-corrected chi connectivity index (χ3v) is 3.70. The maximum atomic E-state index is 11.9. The summed E-state index contributed by atoms with van der Waals surface area (Å²) in [6.07, 6.45) is 6.74. The molecule has 24 heavy (non-hydrogen) atoms. The summed E-state index contributed by atoms with van der Waals surface area (Å²) in [4.78, 5) is 17.5. The summed E-state index contributed by atoms with van der Waals surface area (Å²) >= 11 is 0. The molecule has 1 aromatic carbocycles. The lowest BCUT2D eigenvalue weighted by atomic mass is 10.2. The number of ether oxygens (including phenoxy) is 1. The minimum atomic E-state index is -0.203. The number of carbonyl (C=O) groups excluding carboxylic acids is 1. The zero-order valence-electron chi connectivity index (χ0n) is 13.9. The Balaban J connectivity index is 1.89. The summed E-state index contributed by atoms with van der Waals surface area (Å²) in [5.41, 5.74) is 1.91. The molecule has 1 unspecified atom stereocenters. The number of rotatable bonds is 7. The van der Waals surface area contributed by atoms with E-state index in [2.05, 4.69) is 4.98 Å². The van der Waals surface area contributed by atoms with Crippen LogP contribution in [0.5, 0.6) is 5.75 Å². The van der Waals surface area contributed by atoms with Crippen molar-refractivity contribution >= 4 is 12.0 Å². The number of hydrogen-bond acceptors (Lipinski definition) is 4. The second-order valence-corrected chi connectivity index (χ2v) is 5.53. The van der Waals surface area contributed by atoms with Crippen LogP contribution in [0.3, 0.4) is 0 Å². The SMILES string of the molecule is CC(CO)N(C)C(=O)/C=C/c1ccc(OCc2cccnc2)cc1. The molecule has 0 aliphatic rings. The van der Waals surface area contributed by atoms with Gasteiger partial charge in [-0.3, -0.25) is 9.78 Å². The van der Waals surface area contributed by atoms with E-state index in [-0.39, 0.29) is 18.6 Å². The Morgan fingerprint density at radius 3 is 2.71 bits per heavy atom. The van der Waals surface area contributed by atoms with Crippen LogP contribution in [0.2, 0.25) is 0 Å². The lowest BCUT2D eigenvalue weighted by molar-refractivity contribution is -0.127. The van der Waals surface area contributed by atoms with E-state index in [9.17, 15) is 4.79 Å². The van der Waals surface area contributed by atoms with Crippen LogP contribution >= 0.6 is 0 Å². The van der Waals surface area contributed by atoms with Crippen molar-refractivity contribution in [3.8, 4) is 5.75 Å². The molecule has 1 heterocycles. The van der Waals surface area contributed by atoms with E-state index in [0.29, 0.717) is 6.61 Å². The molecule has 2 aromatic rings. The molecule has 2 rings (SSSR count). The highest BCUT2D eigenvalue weighted by Gasteiger charge is 2.11. The van der Waals surface area contributed by atoms with Crippen molar-refractivity contribution in [3.63, 3.8) is 0 Å². The number of aliphatic hydroxyl groups is 1. The Morgan fingerprint density at radius 1 is 1.33 bits per heavy atom. The molecule has 5 heteroatoms. The number of nitrogens with zero attached hydrogens (tertiary/aromatic N) is 2. The van der Waals surface area contributed by atoms with Gasteiger partial charge in [-0.05, 0) is 36.8 Å². The van der Waals surface area contributed by atoms with Gasteiger partial charge in [0, 0.05) is 31.1 Å². The molecule has 126 valence electrons. The van der Waals surface area contributed by atoms with Crippen molar-refractivity contribution in [2.24, 2.45) is 0 Å². The van der Waals surface area contributed by atoms with Gasteiger partial charge >= 0.3 is 0 Å². The Morgan fingerprint density at radius 2 is 2.08 bits per heavy atom. The Labute approximate surface area is 142 Å². The molecule has 1 N–H and O–H groups in total. The summed E-state index contributed by atoms with van der Waals surface area (Å²) in [5, 5.41) is 9.07. The number of aliphatic hydroxyl groups excluding tert-OH is 1. The lowest BCUT2D eigenvalue weighted by Crippen LogP contribution is -2.36. The standard InChI is InChI=1S/C19H22N2O3/c1-15(13-22)21(2)19(23)10-7-16-5-8-18(9-6-16)24-14-17-4-3-11-20-12-17/h3-12,15,22H,13-14H2,1-2H3/b10-7+. The first-order valence-electron chi connectivity index (χ1n) is 7.77. The van der Waals surface area contributed by atoms with E-state index in [1.54, 1.807) is 32.4 Å². The summed E-state index contributed by atoms with van der Waals surface area (Å²) in [7, 11) is 1.67. The third-order valence-electron chi connectivity index (χ3n) is 3.70.